The van der Waals surface area contributed by atoms with E-state index < -0.39 is 0 Å². The molecule has 0 N–H and O–H groups in total. The molecule has 0 radical (unpaired) electrons. The second-order valence-corrected chi connectivity index (χ2v) is 5.01. The molecule has 0 heterocycles. The molecule has 1 unspecified atom stereocenters. The number of methoxy groups -OCH3 is 1. The van der Waals surface area contributed by atoms with Crippen LogP contribution in [0.4, 0.5) is 0 Å². The van der Waals surface area contributed by atoms with Crippen LogP contribution >= 0.6 is 31.9 Å². The van der Waals surface area contributed by atoms with E-state index in [1.165, 1.54) is 0 Å². The second-order valence-electron chi connectivity index (χ2n) is 3.30. The van der Waals surface area contributed by atoms with Gasteiger partial charge in [-0.3, -0.25) is 0 Å². The van der Waals surface area contributed by atoms with Crippen LogP contribution in [0.2, 0.25) is 0 Å². The lowest BCUT2D eigenvalue weighted by atomic mass is 10.2. The lowest BCUT2D eigenvalue weighted by molar-refractivity contribution is 0.0120. The van der Waals surface area contributed by atoms with Gasteiger partial charge in [-0.1, -0.05) is 0 Å². The van der Waals surface area contributed by atoms with Crippen LogP contribution in [-0.4, -0.2) is 25.8 Å². The van der Waals surface area contributed by atoms with Gasteiger partial charge in [0.25, 0.3) is 0 Å². The molecule has 1 aromatic rings. The van der Waals surface area contributed by atoms with Gasteiger partial charge < -0.3 is 9.47 Å². The zero-order chi connectivity index (χ0) is 12.1. The van der Waals surface area contributed by atoms with Gasteiger partial charge in [-0.05, 0) is 57.0 Å². The first kappa shape index (κ1) is 13.7. The first-order valence-electron chi connectivity index (χ1n) is 4.69. The Morgan fingerprint density at radius 1 is 1.38 bits per heavy atom. The number of hydrogen-bond acceptors (Lipinski definition) is 3. The fourth-order valence-electron chi connectivity index (χ4n) is 1.14. The van der Waals surface area contributed by atoms with Gasteiger partial charge in [-0.2, -0.15) is 0 Å². The summed E-state index contributed by atoms with van der Waals surface area (Å²) in [5, 5.41) is 0. The van der Waals surface area contributed by atoms with Crippen LogP contribution in [0.25, 0.3) is 0 Å². The summed E-state index contributed by atoms with van der Waals surface area (Å²) in [6.45, 7) is 2.18. The summed E-state index contributed by atoms with van der Waals surface area (Å²) in [4.78, 5) is 11.7. The van der Waals surface area contributed by atoms with E-state index in [-0.39, 0.29) is 12.1 Å². The van der Waals surface area contributed by atoms with Crippen molar-refractivity contribution in [2.75, 3.05) is 13.7 Å². The van der Waals surface area contributed by atoms with E-state index in [0.717, 1.165) is 8.95 Å². The van der Waals surface area contributed by atoms with Crippen LogP contribution in [0.15, 0.2) is 27.1 Å². The Morgan fingerprint density at radius 3 is 2.62 bits per heavy atom. The molecule has 88 valence electrons. The van der Waals surface area contributed by atoms with Gasteiger partial charge in [0.05, 0.1) is 12.2 Å². The molecule has 0 saturated carbocycles. The highest BCUT2D eigenvalue weighted by Gasteiger charge is 2.12. The van der Waals surface area contributed by atoms with Crippen LogP contribution in [0.3, 0.4) is 0 Å². The van der Waals surface area contributed by atoms with E-state index in [0.29, 0.717) is 12.2 Å². The Balaban J connectivity index is 2.69. The average Bonchev–Trinajstić information content (AvgIpc) is 2.22. The summed E-state index contributed by atoms with van der Waals surface area (Å²) in [7, 11) is 1.57. The average molecular weight is 352 g/mol. The molecule has 1 atom stereocenters. The van der Waals surface area contributed by atoms with Crippen molar-refractivity contribution in [2.24, 2.45) is 0 Å². The van der Waals surface area contributed by atoms with Gasteiger partial charge in [0.2, 0.25) is 0 Å². The van der Waals surface area contributed by atoms with E-state index in [2.05, 4.69) is 31.9 Å². The van der Waals surface area contributed by atoms with Gasteiger partial charge in [-0.15, -0.1) is 0 Å². The van der Waals surface area contributed by atoms with Crippen molar-refractivity contribution in [3.8, 4) is 0 Å². The number of carbonyl (C=O) groups excluding carboxylic acids is 1. The maximum absolute atomic E-state index is 11.7. The Morgan fingerprint density at radius 2 is 2.06 bits per heavy atom. The molecule has 1 aromatic carbocycles. The molecule has 0 amide bonds. The van der Waals surface area contributed by atoms with E-state index in [1.54, 1.807) is 32.2 Å². The summed E-state index contributed by atoms with van der Waals surface area (Å²) >= 11 is 6.67. The fourth-order valence-corrected chi connectivity index (χ4v) is 1.77. The topological polar surface area (TPSA) is 35.5 Å². The summed E-state index contributed by atoms with van der Waals surface area (Å²) < 4.78 is 11.8. The fraction of sp³-hybridized carbons (Fsp3) is 0.364. The molecule has 16 heavy (non-hydrogen) atoms. The predicted octanol–water partition coefficient (Wildman–Crippen LogP) is 3.40. The Kier molecular flexibility index (Phi) is 5.44. The van der Waals surface area contributed by atoms with E-state index in [9.17, 15) is 4.79 Å². The van der Waals surface area contributed by atoms with Crippen LogP contribution in [0.5, 0.6) is 0 Å². The third-order valence-corrected chi connectivity index (χ3v) is 3.74. The minimum atomic E-state index is -0.349. The third kappa shape index (κ3) is 3.88. The Labute approximate surface area is 111 Å². The minimum Gasteiger partial charge on any atom is -0.457 e. The highest BCUT2D eigenvalue weighted by atomic mass is 79.9. The number of hydrogen-bond donors (Lipinski definition) is 0. The van der Waals surface area contributed by atoms with Crippen molar-refractivity contribution >= 4 is 37.8 Å². The predicted molar refractivity (Wildman–Crippen MR) is 68.6 cm³/mol. The molecule has 5 heteroatoms. The summed E-state index contributed by atoms with van der Waals surface area (Å²) in [5.41, 5.74) is 0.512. The summed E-state index contributed by atoms with van der Waals surface area (Å²) in [6.07, 6.45) is -0.250. The third-order valence-electron chi connectivity index (χ3n) is 1.86. The van der Waals surface area contributed by atoms with Crippen molar-refractivity contribution in [1.29, 1.82) is 0 Å². The van der Waals surface area contributed by atoms with Crippen molar-refractivity contribution in [2.45, 2.75) is 13.0 Å². The molecular formula is C11H12Br2O3. The number of carbonyl (C=O) groups is 1. The standard InChI is InChI=1S/C11H12Br2O3/c1-7(6-15-2)16-11(14)8-3-4-9(12)10(13)5-8/h3-5,7H,6H2,1-2H3. The van der Waals surface area contributed by atoms with Gasteiger partial charge in [0.15, 0.2) is 0 Å². The lowest BCUT2D eigenvalue weighted by Crippen LogP contribution is -2.19. The van der Waals surface area contributed by atoms with Crippen LogP contribution in [0.1, 0.15) is 17.3 Å². The zero-order valence-electron chi connectivity index (χ0n) is 9.00. The maximum atomic E-state index is 11.7. The van der Waals surface area contributed by atoms with Gasteiger partial charge >= 0.3 is 5.97 Å². The molecule has 1 rings (SSSR count). The van der Waals surface area contributed by atoms with Crippen molar-refractivity contribution in [3.63, 3.8) is 0 Å². The number of halogens is 2. The summed E-state index contributed by atoms with van der Waals surface area (Å²) in [6, 6.07) is 5.21. The zero-order valence-corrected chi connectivity index (χ0v) is 12.2. The molecule has 0 aliphatic heterocycles. The summed E-state index contributed by atoms with van der Waals surface area (Å²) in [5.74, 6) is -0.349. The van der Waals surface area contributed by atoms with Crippen molar-refractivity contribution in [3.05, 3.63) is 32.7 Å². The number of rotatable bonds is 4. The van der Waals surface area contributed by atoms with E-state index >= 15 is 0 Å². The largest absolute Gasteiger partial charge is 0.457 e. The monoisotopic (exact) mass is 350 g/mol. The van der Waals surface area contributed by atoms with Crippen LogP contribution in [-0.2, 0) is 9.47 Å². The first-order chi connectivity index (χ1) is 7.54. The molecule has 0 aliphatic rings. The Bertz CT molecular complexity index is 379. The maximum Gasteiger partial charge on any atom is 0.338 e. The molecule has 0 bridgehead atoms. The number of benzene rings is 1. The molecule has 0 aliphatic carbocycles. The van der Waals surface area contributed by atoms with E-state index in [1.807, 2.05) is 0 Å². The van der Waals surface area contributed by atoms with Gasteiger partial charge in [-0.25, -0.2) is 4.79 Å². The molecule has 0 aromatic heterocycles. The highest BCUT2D eigenvalue weighted by Crippen LogP contribution is 2.24. The molecule has 0 spiro atoms. The smallest absolute Gasteiger partial charge is 0.338 e. The normalized spacial score (nSPS) is 12.2. The van der Waals surface area contributed by atoms with Crippen molar-refractivity contribution < 1.29 is 14.3 Å². The van der Waals surface area contributed by atoms with Gasteiger partial charge in [0.1, 0.15) is 6.10 Å². The SMILES string of the molecule is COCC(C)OC(=O)c1ccc(Br)c(Br)c1. The van der Waals surface area contributed by atoms with Gasteiger partial charge in [0, 0.05) is 16.1 Å². The molecule has 0 saturated heterocycles. The number of esters is 1. The van der Waals surface area contributed by atoms with Crippen molar-refractivity contribution in [1.82, 2.24) is 0 Å². The Hall–Kier alpha value is -0.390. The molecular weight excluding hydrogens is 340 g/mol. The molecule has 3 nitrogen and oxygen atoms in total. The van der Waals surface area contributed by atoms with E-state index in [4.69, 9.17) is 9.47 Å². The lowest BCUT2D eigenvalue weighted by Gasteiger charge is -2.12. The van der Waals surface area contributed by atoms with Crippen LogP contribution < -0.4 is 0 Å². The number of ether oxygens (including phenoxy) is 2. The quantitative estimate of drug-likeness (QED) is 0.780. The second kappa shape index (κ2) is 6.37. The highest BCUT2D eigenvalue weighted by molar-refractivity contribution is 9.13. The first-order valence-corrected chi connectivity index (χ1v) is 6.28. The van der Waals surface area contributed by atoms with Crippen LogP contribution in [0, 0.1) is 0 Å². The minimum absolute atomic E-state index is 0.250. The molecule has 0 fully saturated rings.